The molecule has 1 rings (SSSR count). The van der Waals surface area contributed by atoms with Crippen LogP contribution in [0.25, 0.3) is 0 Å². The van der Waals surface area contributed by atoms with Gasteiger partial charge < -0.3 is 15.2 Å². The smallest absolute Gasteiger partial charge is 0.407 e. The topological polar surface area (TPSA) is 58.6 Å². The maximum absolute atomic E-state index is 11.4. The van der Waals surface area contributed by atoms with Gasteiger partial charge in [-0.2, -0.15) is 0 Å². The molecule has 1 aromatic carbocycles. The van der Waals surface area contributed by atoms with Crippen molar-refractivity contribution >= 4 is 22.0 Å². The molecular formula is C13H18BrNO3. The van der Waals surface area contributed by atoms with Crippen molar-refractivity contribution in [2.24, 2.45) is 0 Å². The number of halogens is 1. The molecule has 0 aliphatic heterocycles. The number of carbonyl (C=O) groups excluding carboxylic acids is 1. The molecule has 1 amide bonds. The van der Waals surface area contributed by atoms with E-state index in [9.17, 15) is 9.90 Å². The summed E-state index contributed by atoms with van der Waals surface area (Å²) in [5.41, 5.74) is 0.191. The van der Waals surface area contributed by atoms with Crippen molar-refractivity contribution in [1.82, 2.24) is 5.32 Å². The van der Waals surface area contributed by atoms with Gasteiger partial charge in [-0.1, -0.05) is 34.1 Å². The van der Waals surface area contributed by atoms with E-state index in [0.717, 1.165) is 10.0 Å². The highest BCUT2D eigenvalue weighted by molar-refractivity contribution is 9.10. The monoisotopic (exact) mass is 315 g/mol. The number of benzene rings is 1. The van der Waals surface area contributed by atoms with E-state index >= 15 is 0 Å². The highest BCUT2D eigenvalue weighted by atomic mass is 79.9. The summed E-state index contributed by atoms with van der Waals surface area (Å²) in [5, 5.41) is 12.5. The zero-order valence-corrected chi connectivity index (χ0v) is 12.3. The molecule has 0 saturated carbocycles. The zero-order chi connectivity index (χ0) is 13.8. The van der Waals surface area contributed by atoms with Crippen LogP contribution in [0.1, 0.15) is 32.4 Å². The van der Waals surface area contributed by atoms with E-state index in [1.807, 2.05) is 18.2 Å². The number of rotatable bonds is 3. The summed E-state index contributed by atoms with van der Waals surface area (Å²) in [6, 6.07) is 7.33. The van der Waals surface area contributed by atoms with Gasteiger partial charge in [-0.15, -0.1) is 0 Å². The highest BCUT2D eigenvalue weighted by Gasteiger charge is 2.17. The normalized spacial score (nSPS) is 12.9. The van der Waals surface area contributed by atoms with Crippen LogP contribution in [0.2, 0.25) is 0 Å². The number of carbonyl (C=O) groups is 1. The first-order valence-electron chi connectivity index (χ1n) is 5.69. The summed E-state index contributed by atoms with van der Waals surface area (Å²) < 4.78 is 5.89. The Morgan fingerprint density at radius 2 is 2.06 bits per heavy atom. The van der Waals surface area contributed by atoms with Crippen LogP contribution in [0, 0.1) is 0 Å². The minimum Gasteiger partial charge on any atom is -0.444 e. The molecule has 0 saturated heterocycles. The number of alkyl carbamates (subject to hydrolysis) is 1. The number of ether oxygens (including phenoxy) is 1. The highest BCUT2D eigenvalue weighted by Crippen LogP contribution is 2.22. The van der Waals surface area contributed by atoms with Crippen LogP contribution in [0.3, 0.4) is 0 Å². The standard InChI is InChI=1S/C13H18BrNO3/c1-13(2,3)18-12(17)15-8-11(16)9-6-4-5-7-10(9)14/h4-7,11,16H,8H2,1-3H3,(H,15,17). The molecule has 0 heterocycles. The van der Waals surface area contributed by atoms with Crippen LogP contribution in [-0.2, 0) is 4.74 Å². The minimum atomic E-state index is -0.770. The molecular weight excluding hydrogens is 298 g/mol. The van der Waals surface area contributed by atoms with E-state index in [1.54, 1.807) is 26.8 Å². The zero-order valence-electron chi connectivity index (χ0n) is 10.7. The largest absolute Gasteiger partial charge is 0.444 e. The Kier molecular flexibility index (Phi) is 5.16. The van der Waals surface area contributed by atoms with E-state index in [-0.39, 0.29) is 6.54 Å². The van der Waals surface area contributed by atoms with Crippen molar-refractivity contribution in [2.75, 3.05) is 6.54 Å². The summed E-state index contributed by atoms with van der Waals surface area (Å²) in [4.78, 5) is 11.4. The number of aliphatic hydroxyl groups is 1. The second-order valence-electron chi connectivity index (χ2n) is 4.92. The molecule has 1 atom stereocenters. The Morgan fingerprint density at radius 1 is 1.44 bits per heavy atom. The van der Waals surface area contributed by atoms with Crippen LogP contribution in [0.15, 0.2) is 28.7 Å². The molecule has 0 radical (unpaired) electrons. The van der Waals surface area contributed by atoms with Gasteiger partial charge in [0.15, 0.2) is 0 Å². The van der Waals surface area contributed by atoms with Crippen molar-refractivity contribution in [1.29, 1.82) is 0 Å². The average Bonchev–Trinajstić information content (AvgIpc) is 2.24. The van der Waals surface area contributed by atoms with Gasteiger partial charge in [-0.05, 0) is 32.4 Å². The minimum absolute atomic E-state index is 0.109. The Labute approximate surface area is 115 Å². The van der Waals surface area contributed by atoms with Gasteiger partial charge >= 0.3 is 6.09 Å². The Morgan fingerprint density at radius 3 is 2.61 bits per heavy atom. The molecule has 0 fully saturated rings. The molecule has 1 aromatic rings. The fraction of sp³-hybridized carbons (Fsp3) is 0.462. The van der Waals surface area contributed by atoms with Crippen molar-refractivity contribution in [3.05, 3.63) is 34.3 Å². The fourth-order valence-electron chi connectivity index (χ4n) is 1.35. The lowest BCUT2D eigenvalue weighted by Gasteiger charge is -2.20. The third-order valence-corrected chi connectivity index (χ3v) is 2.83. The molecule has 1 unspecified atom stereocenters. The van der Waals surface area contributed by atoms with E-state index in [0.29, 0.717) is 0 Å². The number of hydrogen-bond donors (Lipinski definition) is 2. The fourth-order valence-corrected chi connectivity index (χ4v) is 1.90. The molecule has 0 aliphatic rings. The first-order chi connectivity index (χ1) is 8.29. The Balaban J connectivity index is 2.49. The van der Waals surface area contributed by atoms with Gasteiger partial charge in [0.25, 0.3) is 0 Å². The predicted octanol–water partition coefficient (Wildman–Crippen LogP) is 3.01. The van der Waals surface area contributed by atoms with Gasteiger partial charge in [-0.3, -0.25) is 0 Å². The van der Waals surface area contributed by atoms with Gasteiger partial charge in [0.05, 0.1) is 12.6 Å². The maximum Gasteiger partial charge on any atom is 0.407 e. The molecule has 0 bridgehead atoms. The molecule has 0 aromatic heterocycles. The van der Waals surface area contributed by atoms with Gasteiger partial charge in [0.2, 0.25) is 0 Å². The third-order valence-electron chi connectivity index (χ3n) is 2.10. The Bertz CT molecular complexity index is 415. The number of aliphatic hydroxyl groups excluding tert-OH is 1. The molecule has 4 nitrogen and oxygen atoms in total. The molecule has 0 aliphatic carbocycles. The quantitative estimate of drug-likeness (QED) is 0.901. The molecule has 5 heteroatoms. The lowest BCUT2D eigenvalue weighted by molar-refractivity contribution is 0.0491. The maximum atomic E-state index is 11.4. The molecule has 18 heavy (non-hydrogen) atoms. The lowest BCUT2D eigenvalue weighted by Crippen LogP contribution is -2.34. The number of nitrogens with one attached hydrogen (secondary N) is 1. The van der Waals surface area contributed by atoms with Gasteiger partial charge in [-0.25, -0.2) is 4.79 Å². The van der Waals surface area contributed by atoms with Crippen LogP contribution >= 0.6 is 15.9 Å². The van der Waals surface area contributed by atoms with Gasteiger partial charge in [0, 0.05) is 4.47 Å². The number of amides is 1. The first-order valence-corrected chi connectivity index (χ1v) is 6.48. The van der Waals surface area contributed by atoms with E-state index in [4.69, 9.17) is 4.74 Å². The lowest BCUT2D eigenvalue weighted by atomic mass is 10.1. The van der Waals surface area contributed by atoms with Crippen LogP contribution < -0.4 is 5.32 Å². The van der Waals surface area contributed by atoms with Crippen molar-refractivity contribution in [2.45, 2.75) is 32.5 Å². The average molecular weight is 316 g/mol. The second kappa shape index (κ2) is 6.20. The first kappa shape index (κ1) is 15.0. The third kappa shape index (κ3) is 5.06. The summed E-state index contributed by atoms with van der Waals surface area (Å²) >= 11 is 3.35. The Hall–Kier alpha value is -1.07. The predicted molar refractivity (Wildman–Crippen MR) is 73.3 cm³/mol. The summed E-state index contributed by atoms with van der Waals surface area (Å²) in [6.07, 6.45) is -1.30. The van der Waals surface area contributed by atoms with Gasteiger partial charge in [0.1, 0.15) is 5.60 Å². The number of hydrogen-bond acceptors (Lipinski definition) is 3. The van der Waals surface area contributed by atoms with Crippen molar-refractivity contribution in [3.8, 4) is 0 Å². The second-order valence-corrected chi connectivity index (χ2v) is 5.77. The molecule has 0 spiro atoms. The van der Waals surface area contributed by atoms with Crippen LogP contribution in [0.4, 0.5) is 4.79 Å². The molecule has 2 N–H and O–H groups in total. The van der Waals surface area contributed by atoms with E-state index in [1.165, 1.54) is 0 Å². The van der Waals surface area contributed by atoms with E-state index < -0.39 is 17.8 Å². The van der Waals surface area contributed by atoms with Crippen molar-refractivity contribution < 1.29 is 14.6 Å². The summed E-state index contributed by atoms with van der Waals surface area (Å²) in [6.45, 7) is 5.47. The summed E-state index contributed by atoms with van der Waals surface area (Å²) in [5.74, 6) is 0. The van der Waals surface area contributed by atoms with Crippen LogP contribution in [0.5, 0.6) is 0 Å². The van der Waals surface area contributed by atoms with Crippen LogP contribution in [-0.4, -0.2) is 23.3 Å². The van der Waals surface area contributed by atoms with Crippen molar-refractivity contribution in [3.63, 3.8) is 0 Å². The van der Waals surface area contributed by atoms with E-state index in [2.05, 4.69) is 21.2 Å². The molecule has 100 valence electrons. The SMILES string of the molecule is CC(C)(C)OC(=O)NCC(O)c1ccccc1Br. The summed E-state index contributed by atoms with van der Waals surface area (Å²) in [7, 11) is 0.